The average molecular weight is 335 g/mol. The van der Waals surface area contributed by atoms with E-state index in [1.807, 2.05) is 0 Å². The van der Waals surface area contributed by atoms with Gasteiger partial charge in [-0.15, -0.1) is 3.89 Å². The third-order valence-corrected chi connectivity index (χ3v) is 3.22. The molecular formula is C8H7BF4KN3O2S. The third-order valence-electron chi connectivity index (χ3n) is 2.27. The summed E-state index contributed by atoms with van der Waals surface area (Å²) >= 11 is 0. The van der Waals surface area contributed by atoms with Gasteiger partial charge in [0.15, 0.2) is 0 Å². The average Bonchev–Trinajstić information content (AvgIpc) is 2.19. The maximum atomic E-state index is 13.0. The largest absolute Gasteiger partial charge is 1.00 e. The molecule has 0 fully saturated rings. The molecule has 12 heteroatoms. The second-order valence-electron chi connectivity index (χ2n) is 3.78. The van der Waals surface area contributed by atoms with Crippen molar-refractivity contribution in [3.05, 3.63) is 33.7 Å². The Balaban J connectivity index is 0.00000361. The zero-order valence-corrected chi connectivity index (χ0v) is 14.5. The summed E-state index contributed by atoms with van der Waals surface area (Å²) in [5.41, 5.74) is 7.19. The van der Waals surface area contributed by atoms with Crippen molar-refractivity contribution < 1.29 is 76.6 Å². The zero-order valence-electron chi connectivity index (χ0n) is 10.5. The number of hydrogen-bond donors (Lipinski definition) is 0. The van der Waals surface area contributed by atoms with E-state index < -0.39 is 34.0 Å². The first kappa shape index (κ1) is 19.9. The van der Waals surface area contributed by atoms with Gasteiger partial charge in [-0.25, -0.2) is 0 Å². The quantitative estimate of drug-likeness (QED) is 0.201. The first-order chi connectivity index (χ1) is 8.54. The van der Waals surface area contributed by atoms with Gasteiger partial charge in [0.25, 0.3) is 0 Å². The van der Waals surface area contributed by atoms with Crippen LogP contribution in [0.25, 0.3) is 10.4 Å². The second kappa shape index (κ2) is 7.25. The van der Waals surface area contributed by atoms with Crippen LogP contribution in [0.2, 0.25) is 0 Å². The molecule has 0 radical (unpaired) electrons. The molecule has 104 valence electrons. The molecular weight excluding hydrogens is 328 g/mol. The van der Waals surface area contributed by atoms with Crippen LogP contribution < -0.4 is 51.4 Å². The van der Waals surface area contributed by atoms with Gasteiger partial charge >= 0.3 is 68.6 Å². The Morgan fingerprint density at radius 2 is 1.90 bits per heavy atom. The van der Waals surface area contributed by atoms with E-state index in [1.165, 1.54) is 0 Å². The minimum absolute atomic E-state index is 0. The summed E-state index contributed by atoms with van der Waals surface area (Å²) in [5, 5.41) is 3.06. The molecule has 0 N–H and O–H groups in total. The number of benzene rings is 1. The van der Waals surface area contributed by atoms with E-state index in [9.17, 15) is 25.3 Å². The van der Waals surface area contributed by atoms with Crippen molar-refractivity contribution in [1.82, 2.24) is 0 Å². The Morgan fingerprint density at radius 3 is 2.30 bits per heavy atom. The molecule has 5 nitrogen and oxygen atoms in total. The fourth-order valence-corrected chi connectivity index (χ4v) is 2.28. The van der Waals surface area contributed by atoms with Gasteiger partial charge in [-0.1, -0.05) is 23.1 Å². The monoisotopic (exact) mass is 335 g/mol. The van der Waals surface area contributed by atoms with Crippen molar-refractivity contribution in [2.75, 3.05) is 0 Å². The predicted octanol–water partition coefficient (Wildman–Crippen LogP) is 0.528. The summed E-state index contributed by atoms with van der Waals surface area (Å²) in [6.07, 6.45) is -1.39. The summed E-state index contributed by atoms with van der Waals surface area (Å²) < 4.78 is 71.6. The standard InChI is InChI=1S/C8H7BF4N3O2S.K/c1-5-7(15-16-14)2-6(4-9(10,11)12)3-8(5)19(13,17)18;/h2-3H,4H2,1H3;/q-1;+1. The Bertz CT molecular complexity index is 658. The molecule has 1 aromatic rings. The Kier molecular flexibility index (Phi) is 7.22. The van der Waals surface area contributed by atoms with Gasteiger partial charge in [-0.2, -0.15) is 8.42 Å². The van der Waals surface area contributed by atoms with E-state index in [0.29, 0.717) is 6.07 Å². The second-order valence-corrected chi connectivity index (χ2v) is 5.10. The van der Waals surface area contributed by atoms with E-state index in [2.05, 4.69) is 10.0 Å². The van der Waals surface area contributed by atoms with Crippen LogP contribution in [0.5, 0.6) is 0 Å². The summed E-state index contributed by atoms with van der Waals surface area (Å²) in [6, 6.07) is 1.48. The summed E-state index contributed by atoms with van der Waals surface area (Å²) in [4.78, 5) is 1.44. The molecule has 0 amide bonds. The van der Waals surface area contributed by atoms with Crippen LogP contribution in [0.1, 0.15) is 11.1 Å². The van der Waals surface area contributed by atoms with Crippen LogP contribution in [-0.4, -0.2) is 15.4 Å². The SMILES string of the molecule is Cc1c(N=[N+]=[N-])cc(C[B-](F)(F)F)cc1S(=O)(=O)F.[K+]. The number of halogens is 4. The van der Waals surface area contributed by atoms with Gasteiger partial charge in [-0.05, 0) is 24.1 Å². The van der Waals surface area contributed by atoms with Crippen LogP contribution in [0.4, 0.5) is 22.5 Å². The van der Waals surface area contributed by atoms with Crippen molar-refractivity contribution >= 4 is 22.9 Å². The molecule has 1 rings (SSSR count). The number of hydrogen-bond acceptors (Lipinski definition) is 3. The third kappa shape index (κ3) is 5.72. The fraction of sp³-hybridized carbons (Fsp3) is 0.250. The van der Waals surface area contributed by atoms with Crippen molar-refractivity contribution in [1.29, 1.82) is 0 Å². The van der Waals surface area contributed by atoms with Gasteiger partial charge in [0.05, 0.1) is 0 Å². The Morgan fingerprint density at radius 1 is 1.35 bits per heavy atom. The Hall–Kier alpha value is -0.0987. The van der Waals surface area contributed by atoms with Gasteiger partial charge < -0.3 is 12.9 Å². The van der Waals surface area contributed by atoms with Crippen molar-refractivity contribution in [2.45, 2.75) is 18.1 Å². The van der Waals surface area contributed by atoms with Gasteiger partial charge in [0.2, 0.25) is 0 Å². The van der Waals surface area contributed by atoms with Crippen LogP contribution in [-0.2, 0) is 16.5 Å². The topological polar surface area (TPSA) is 82.9 Å². The molecule has 0 aliphatic heterocycles. The molecule has 0 bridgehead atoms. The van der Waals surface area contributed by atoms with E-state index in [4.69, 9.17) is 5.53 Å². The van der Waals surface area contributed by atoms with E-state index in [0.717, 1.165) is 13.0 Å². The van der Waals surface area contributed by atoms with Gasteiger partial charge in [0.1, 0.15) is 4.90 Å². The molecule has 0 unspecified atom stereocenters. The van der Waals surface area contributed by atoms with E-state index >= 15 is 0 Å². The molecule has 0 atom stereocenters. The molecule has 0 saturated heterocycles. The normalized spacial score (nSPS) is 11.4. The van der Waals surface area contributed by atoms with E-state index in [1.54, 1.807) is 0 Å². The molecule has 1 aromatic carbocycles. The maximum Gasteiger partial charge on any atom is 1.00 e. The molecule has 0 aromatic heterocycles. The predicted molar refractivity (Wildman–Crippen MR) is 61.1 cm³/mol. The fourth-order valence-electron chi connectivity index (χ4n) is 1.52. The number of nitrogens with zero attached hydrogens (tertiary/aromatic N) is 3. The van der Waals surface area contributed by atoms with Gasteiger partial charge in [-0.3, -0.25) is 0 Å². The van der Waals surface area contributed by atoms with Crippen LogP contribution >= 0.6 is 0 Å². The van der Waals surface area contributed by atoms with Crippen LogP contribution in [0.3, 0.4) is 0 Å². The number of azide groups is 1. The zero-order chi connectivity index (χ0) is 14.8. The minimum atomic E-state index is -5.23. The summed E-state index contributed by atoms with van der Waals surface area (Å²) in [7, 11) is -5.20. The van der Waals surface area contributed by atoms with Crippen molar-refractivity contribution in [2.24, 2.45) is 5.11 Å². The van der Waals surface area contributed by atoms with Gasteiger partial charge in [0, 0.05) is 10.6 Å². The molecule has 0 aliphatic carbocycles. The minimum Gasteiger partial charge on any atom is -0.449 e. The van der Waals surface area contributed by atoms with Crippen LogP contribution in [0.15, 0.2) is 22.1 Å². The Labute approximate surface area is 155 Å². The van der Waals surface area contributed by atoms with E-state index in [-0.39, 0.29) is 62.6 Å². The summed E-state index contributed by atoms with van der Waals surface area (Å²) in [6.45, 7) is -4.09. The first-order valence-corrected chi connectivity index (χ1v) is 6.27. The summed E-state index contributed by atoms with van der Waals surface area (Å²) in [5.74, 6) is 0. The maximum absolute atomic E-state index is 13.0. The smallest absolute Gasteiger partial charge is 0.449 e. The first-order valence-electron chi connectivity index (χ1n) is 4.89. The van der Waals surface area contributed by atoms with Crippen LogP contribution in [0, 0.1) is 6.92 Å². The number of rotatable bonds is 4. The molecule has 0 saturated carbocycles. The van der Waals surface area contributed by atoms with Crippen molar-refractivity contribution in [3.8, 4) is 0 Å². The molecule has 20 heavy (non-hydrogen) atoms. The molecule has 0 spiro atoms. The van der Waals surface area contributed by atoms with Crippen molar-refractivity contribution in [3.63, 3.8) is 0 Å². The molecule has 0 aliphatic rings. The molecule has 0 heterocycles.